The van der Waals surface area contributed by atoms with Crippen molar-refractivity contribution in [3.63, 3.8) is 0 Å². The highest BCUT2D eigenvalue weighted by Gasteiger charge is 2.08. The number of aromatic amines is 1. The first-order chi connectivity index (χ1) is 8.24. The van der Waals surface area contributed by atoms with Crippen molar-refractivity contribution in [2.24, 2.45) is 0 Å². The molecule has 0 spiro atoms. The number of imidazole rings is 1. The second-order valence-electron chi connectivity index (χ2n) is 3.69. The van der Waals surface area contributed by atoms with Gasteiger partial charge in [-0.05, 0) is 18.2 Å². The average Bonchev–Trinajstić information content (AvgIpc) is 2.74. The van der Waals surface area contributed by atoms with Gasteiger partial charge in [0, 0.05) is 16.8 Å². The maximum Gasteiger partial charge on any atom is 0.180 e. The molecule has 0 aliphatic heterocycles. The topological polar surface area (TPSA) is 67.6 Å². The predicted molar refractivity (Wildman–Crippen MR) is 68.7 cm³/mol. The fourth-order valence-electron chi connectivity index (χ4n) is 1.70. The van der Waals surface area contributed by atoms with E-state index >= 15 is 0 Å². The first-order valence-electron chi connectivity index (χ1n) is 5.10. The van der Waals surface area contributed by atoms with E-state index in [1.54, 1.807) is 12.3 Å². The Morgan fingerprint density at radius 1 is 1.24 bits per heavy atom. The molecule has 17 heavy (non-hydrogen) atoms. The van der Waals surface area contributed by atoms with Crippen LogP contribution in [0.15, 0.2) is 36.5 Å². The van der Waals surface area contributed by atoms with Gasteiger partial charge in [0.25, 0.3) is 0 Å². The van der Waals surface area contributed by atoms with Gasteiger partial charge in [0.15, 0.2) is 5.65 Å². The summed E-state index contributed by atoms with van der Waals surface area (Å²) in [7, 11) is 0. The number of nitrogens with one attached hydrogen (secondary N) is 1. The molecule has 0 saturated heterocycles. The molecule has 0 bridgehead atoms. The lowest BCUT2D eigenvalue weighted by Gasteiger charge is -1.96. The maximum absolute atomic E-state index is 5.94. The number of benzene rings is 1. The second kappa shape index (κ2) is 3.75. The van der Waals surface area contributed by atoms with Gasteiger partial charge in [-0.15, -0.1) is 0 Å². The van der Waals surface area contributed by atoms with Gasteiger partial charge in [-0.25, -0.2) is 9.97 Å². The number of fused-ring (bicyclic) bond motifs is 1. The van der Waals surface area contributed by atoms with E-state index in [0.717, 1.165) is 11.1 Å². The number of pyridine rings is 1. The molecular weight excluding hydrogens is 236 g/mol. The number of anilines is 1. The molecule has 0 amide bonds. The third-order valence-corrected chi connectivity index (χ3v) is 2.76. The SMILES string of the molecule is Nc1ccnc2nc(-c3cccc(Cl)c3)[nH]c12. The van der Waals surface area contributed by atoms with Crippen molar-refractivity contribution in [3.8, 4) is 11.4 Å². The lowest BCUT2D eigenvalue weighted by molar-refractivity contribution is 1.30. The summed E-state index contributed by atoms with van der Waals surface area (Å²) in [4.78, 5) is 11.7. The van der Waals surface area contributed by atoms with Gasteiger partial charge in [-0.2, -0.15) is 0 Å². The molecule has 2 aromatic heterocycles. The number of nitrogen functional groups attached to an aromatic ring is 1. The van der Waals surface area contributed by atoms with Crippen LogP contribution in [-0.4, -0.2) is 15.0 Å². The number of nitrogens with two attached hydrogens (primary N) is 1. The molecule has 3 N–H and O–H groups in total. The van der Waals surface area contributed by atoms with Crippen molar-refractivity contribution in [2.75, 3.05) is 5.73 Å². The maximum atomic E-state index is 5.94. The van der Waals surface area contributed by atoms with Crippen LogP contribution in [-0.2, 0) is 0 Å². The van der Waals surface area contributed by atoms with Crippen molar-refractivity contribution >= 4 is 28.5 Å². The molecule has 3 aromatic rings. The Labute approximate surface area is 102 Å². The van der Waals surface area contributed by atoms with Gasteiger partial charge in [-0.1, -0.05) is 23.7 Å². The van der Waals surface area contributed by atoms with Crippen LogP contribution in [0.3, 0.4) is 0 Å². The van der Waals surface area contributed by atoms with Crippen LogP contribution in [0, 0.1) is 0 Å². The number of hydrogen-bond acceptors (Lipinski definition) is 3. The van der Waals surface area contributed by atoms with Crippen molar-refractivity contribution in [2.45, 2.75) is 0 Å². The van der Waals surface area contributed by atoms with E-state index in [0.29, 0.717) is 22.2 Å². The molecule has 0 atom stereocenters. The number of rotatable bonds is 1. The molecule has 4 nitrogen and oxygen atoms in total. The first-order valence-corrected chi connectivity index (χ1v) is 5.48. The monoisotopic (exact) mass is 244 g/mol. The Morgan fingerprint density at radius 3 is 2.88 bits per heavy atom. The lowest BCUT2D eigenvalue weighted by atomic mass is 10.2. The quantitative estimate of drug-likeness (QED) is 0.692. The van der Waals surface area contributed by atoms with Crippen LogP contribution < -0.4 is 5.73 Å². The van der Waals surface area contributed by atoms with E-state index < -0.39 is 0 Å². The summed E-state index contributed by atoms with van der Waals surface area (Å²) in [6.07, 6.45) is 1.64. The van der Waals surface area contributed by atoms with Gasteiger partial charge in [0.1, 0.15) is 11.3 Å². The summed E-state index contributed by atoms with van der Waals surface area (Å²) in [5.74, 6) is 0.716. The summed E-state index contributed by atoms with van der Waals surface area (Å²) in [6, 6.07) is 9.21. The highest BCUT2D eigenvalue weighted by Crippen LogP contribution is 2.24. The molecule has 0 fully saturated rings. The minimum atomic E-state index is 0.611. The van der Waals surface area contributed by atoms with Gasteiger partial charge < -0.3 is 10.7 Å². The van der Waals surface area contributed by atoms with Crippen molar-refractivity contribution in [1.82, 2.24) is 15.0 Å². The first kappa shape index (κ1) is 10.1. The Hall–Kier alpha value is -2.07. The second-order valence-corrected chi connectivity index (χ2v) is 4.13. The zero-order valence-corrected chi connectivity index (χ0v) is 9.57. The molecule has 0 aliphatic carbocycles. The number of H-pyrrole nitrogens is 1. The summed E-state index contributed by atoms with van der Waals surface area (Å²) in [5.41, 5.74) is 8.75. The number of halogens is 1. The predicted octanol–water partition coefficient (Wildman–Crippen LogP) is 2.86. The van der Waals surface area contributed by atoms with E-state index in [1.807, 2.05) is 24.3 Å². The highest BCUT2D eigenvalue weighted by atomic mass is 35.5. The van der Waals surface area contributed by atoms with Gasteiger partial charge >= 0.3 is 0 Å². The third kappa shape index (κ3) is 1.72. The standard InChI is InChI=1S/C12H9ClN4/c13-8-3-1-2-7(6-8)11-16-10-9(14)4-5-15-12(10)17-11/h1-6H,(H3,14,15,16,17). The molecule has 1 aromatic carbocycles. The van der Waals surface area contributed by atoms with Gasteiger partial charge in [0.2, 0.25) is 0 Å². The molecular formula is C12H9ClN4. The summed E-state index contributed by atoms with van der Waals surface area (Å²) in [5, 5.41) is 0.670. The number of aromatic nitrogens is 3. The molecule has 3 rings (SSSR count). The third-order valence-electron chi connectivity index (χ3n) is 2.52. The number of nitrogens with zero attached hydrogens (tertiary/aromatic N) is 2. The minimum absolute atomic E-state index is 0.611. The Kier molecular flexibility index (Phi) is 2.23. The average molecular weight is 245 g/mol. The summed E-state index contributed by atoms with van der Waals surface area (Å²) >= 11 is 5.94. The number of hydrogen-bond donors (Lipinski definition) is 2. The van der Waals surface area contributed by atoms with Gasteiger partial charge in [-0.3, -0.25) is 0 Å². The van der Waals surface area contributed by atoms with Crippen LogP contribution in [0.4, 0.5) is 5.69 Å². The lowest BCUT2D eigenvalue weighted by Crippen LogP contribution is -1.87. The molecule has 0 radical (unpaired) electrons. The zero-order valence-electron chi connectivity index (χ0n) is 8.81. The van der Waals surface area contributed by atoms with E-state index in [-0.39, 0.29) is 0 Å². The zero-order chi connectivity index (χ0) is 11.8. The van der Waals surface area contributed by atoms with E-state index in [9.17, 15) is 0 Å². The Balaban J connectivity index is 2.22. The van der Waals surface area contributed by atoms with Crippen molar-refractivity contribution in [3.05, 3.63) is 41.6 Å². The van der Waals surface area contributed by atoms with Crippen LogP contribution in [0.1, 0.15) is 0 Å². The molecule has 0 saturated carbocycles. The van der Waals surface area contributed by atoms with Crippen LogP contribution in [0.2, 0.25) is 5.02 Å². The largest absolute Gasteiger partial charge is 0.397 e. The van der Waals surface area contributed by atoms with E-state index in [1.165, 1.54) is 0 Å². The van der Waals surface area contributed by atoms with Crippen LogP contribution >= 0.6 is 11.6 Å². The minimum Gasteiger partial charge on any atom is -0.397 e. The van der Waals surface area contributed by atoms with Crippen molar-refractivity contribution in [1.29, 1.82) is 0 Å². The molecule has 84 valence electrons. The van der Waals surface area contributed by atoms with E-state index in [2.05, 4.69) is 15.0 Å². The highest BCUT2D eigenvalue weighted by molar-refractivity contribution is 6.30. The Bertz CT molecular complexity index is 690. The normalized spacial score (nSPS) is 10.9. The Morgan fingerprint density at radius 2 is 2.12 bits per heavy atom. The van der Waals surface area contributed by atoms with Crippen LogP contribution in [0.5, 0.6) is 0 Å². The molecule has 0 aliphatic rings. The fourth-order valence-corrected chi connectivity index (χ4v) is 1.89. The van der Waals surface area contributed by atoms with Crippen molar-refractivity contribution < 1.29 is 0 Å². The summed E-state index contributed by atoms with van der Waals surface area (Å²) < 4.78 is 0. The molecule has 2 heterocycles. The molecule has 0 unspecified atom stereocenters. The molecule has 5 heteroatoms. The summed E-state index contributed by atoms with van der Waals surface area (Å²) in [6.45, 7) is 0. The van der Waals surface area contributed by atoms with E-state index in [4.69, 9.17) is 17.3 Å². The fraction of sp³-hybridized carbons (Fsp3) is 0. The smallest absolute Gasteiger partial charge is 0.180 e. The van der Waals surface area contributed by atoms with Crippen LogP contribution in [0.25, 0.3) is 22.6 Å². The van der Waals surface area contributed by atoms with Gasteiger partial charge in [0.05, 0.1) is 5.69 Å².